The number of morpholine rings is 1. The van der Waals surface area contributed by atoms with Crippen molar-refractivity contribution in [1.82, 2.24) is 4.90 Å². The Kier molecular flexibility index (Phi) is 5.13. The number of carboxylic acids is 1. The van der Waals surface area contributed by atoms with Gasteiger partial charge in [-0.1, -0.05) is 6.92 Å². The molecule has 0 amide bonds. The van der Waals surface area contributed by atoms with Crippen LogP contribution in [-0.4, -0.2) is 41.8 Å². The van der Waals surface area contributed by atoms with E-state index in [2.05, 4.69) is 17.9 Å². The van der Waals surface area contributed by atoms with Gasteiger partial charge in [-0.3, -0.25) is 4.90 Å². The predicted octanol–water partition coefficient (Wildman–Crippen LogP) is 2.46. The average molecular weight is 281 g/mol. The van der Waals surface area contributed by atoms with Gasteiger partial charge in [0.15, 0.2) is 0 Å². The van der Waals surface area contributed by atoms with Gasteiger partial charge in [0.2, 0.25) is 0 Å². The number of nitrogens with zero attached hydrogens (tertiary/aromatic N) is 1. The Morgan fingerprint density at radius 3 is 3.26 bits per heavy atom. The first-order chi connectivity index (χ1) is 9.19. The fraction of sp³-hybridized carbons (Fsp3) is 0.500. The zero-order chi connectivity index (χ0) is 13.7. The highest BCUT2D eigenvalue weighted by Crippen LogP contribution is 2.21. The Morgan fingerprint density at radius 2 is 2.53 bits per heavy atom. The molecule has 4 nitrogen and oxygen atoms in total. The lowest BCUT2D eigenvalue weighted by Gasteiger charge is -2.34. The summed E-state index contributed by atoms with van der Waals surface area (Å²) in [5, 5.41) is 10.6. The molecule has 0 radical (unpaired) electrons. The maximum Gasteiger partial charge on any atom is 0.328 e. The van der Waals surface area contributed by atoms with E-state index in [1.807, 2.05) is 5.38 Å². The van der Waals surface area contributed by atoms with Gasteiger partial charge < -0.3 is 9.84 Å². The van der Waals surface area contributed by atoms with Gasteiger partial charge in [0.05, 0.1) is 13.2 Å². The van der Waals surface area contributed by atoms with Crippen LogP contribution in [0.2, 0.25) is 0 Å². The summed E-state index contributed by atoms with van der Waals surface area (Å²) in [6.07, 6.45) is 3.91. The Labute approximate surface area is 117 Å². The van der Waals surface area contributed by atoms with Crippen LogP contribution in [0, 0.1) is 0 Å². The number of hydrogen-bond donors (Lipinski definition) is 1. The largest absolute Gasteiger partial charge is 0.478 e. The first kappa shape index (κ1) is 14.2. The summed E-state index contributed by atoms with van der Waals surface area (Å²) >= 11 is 1.68. The van der Waals surface area contributed by atoms with Crippen LogP contribution < -0.4 is 0 Å². The van der Waals surface area contributed by atoms with Crippen LogP contribution in [0.4, 0.5) is 0 Å². The summed E-state index contributed by atoms with van der Waals surface area (Å²) in [5.41, 5.74) is 0.962. The van der Waals surface area contributed by atoms with Crippen molar-refractivity contribution < 1.29 is 14.6 Å². The van der Waals surface area contributed by atoms with E-state index in [0.717, 1.165) is 38.3 Å². The summed E-state index contributed by atoms with van der Waals surface area (Å²) in [4.78, 5) is 14.2. The van der Waals surface area contributed by atoms with Gasteiger partial charge >= 0.3 is 5.97 Å². The number of aliphatic carboxylic acids is 1. The monoisotopic (exact) mass is 281 g/mol. The van der Waals surface area contributed by atoms with Crippen LogP contribution in [0.1, 0.15) is 23.8 Å². The molecule has 1 atom stereocenters. The zero-order valence-corrected chi connectivity index (χ0v) is 11.9. The molecular formula is C14H19NO3S. The number of ether oxygens (including phenoxy) is 1. The highest BCUT2D eigenvalue weighted by molar-refractivity contribution is 7.10. The molecule has 1 aromatic heterocycles. The maximum absolute atomic E-state index is 10.5. The smallest absolute Gasteiger partial charge is 0.328 e. The van der Waals surface area contributed by atoms with Crippen LogP contribution in [0.25, 0.3) is 6.08 Å². The number of thiophene rings is 1. The molecule has 0 aromatic carbocycles. The van der Waals surface area contributed by atoms with Crippen LogP contribution in [-0.2, 0) is 16.1 Å². The van der Waals surface area contributed by atoms with Crippen LogP contribution >= 0.6 is 11.3 Å². The lowest BCUT2D eigenvalue weighted by molar-refractivity contribution is -0.131. The molecule has 0 saturated carbocycles. The highest BCUT2D eigenvalue weighted by Gasteiger charge is 2.21. The van der Waals surface area contributed by atoms with Gasteiger partial charge in [0.25, 0.3) is 0 Å². The highest BCUT2D eigenvalue weighted by atomic mass is 32.1. The SMILES string of the molecule is CCC1COCCN1Cc1cc(C=CC(=O)O)cs1. The molecule has 1 aromatic rings. The van der Waals surface area contributed by atoms with Crippen LogP contribution in [0.5, 0.6) is 0 Å². The van der Waals surface area contributed by atoms with Gasteiger partial charge in [0.1, 0.15) is 0 Å². The van der Waals surface area contributed by atoms with Crippen molar-refractivity contribution in [3.05, 3.63) is 28.0 Å². The number of hydrogen-bond acceptors (Lipinski definition) is 4. The molecule has 0 bridgehead atoms. The topological polar surface area (TPSA) is 49.8 Å². The normalized spacial score (nSPS) is 21.0. The van der Waals surface area contributed by atoms with E-state index in [0.29, 0.717) is 6.04 Å². The maximum atomic E-state index is 10.5. The molecule has 104 valence electrons. The molecule has 1 fully saturated rings. The van der Waals surface area contributed by atoms with E-state index >= 15 is 0 Å². The van der Waals surface area contributed by atoms with E-state index in [9.17, 15) is 4.79 Å². The van der Waals surface area contributed by atoms with Gasteiger partial charge in [0, 0.05) is 30.1 Å². The van der Waals surface area contributed by atoms with Gasteiger partial charge in [-0.05, 0) is 29.5 Å². The molecule has 2 heterocycles. The summed E-state index contributed by atoms with van der Waals surface area (Å²) in [6.45, 7) is 5.69. The Morgan fingerprint density at radius 1 is 1.68 bits per heavy atom. The molecule has 2 rings (SSSR count). The lowest BCUT2D eigenvalue weighted by atomic mass is 10.1. The summed E-state index contributed by atoms with van der Waals surface area (Å²) in [7, 11) is 0. The molecule has 1 N–H and O–H groups in total. The molecular weight excluding hydrogens is 262 g/mol. The Hall–Kier alpha value is -1.17. The Balaban J connectivity index is 1.97. The zero-order valence-electron chi connectivity index (χ0n) is 11.0. The summed E-state index contributed by atoms with van der Waals surface area (Å²) in [6, 6.07) is 2.56. The minimum atomic E-state index is -0.910. The third kappa shape index (κ3) is 4.16. The first-order valence-electron chi connectivity index (χ1n) is 6.49. The summed E-state index contributed by atoms with van der Waals surface area (Å²) < 4.78 is 5.50. The average Bonchev–Trinajstić information content (AvgIpc) is 2.85. The molecule has 0 aliphatic carbocycles. The second kappa shape index (κ2) is 6.84. The predicted molar refractivity (Wildman–Crippen MR) is 76.3 cm³/mol. The second-order valence-electron chi connectivity index (χ2n) is 4.63. The van der Waals surface area contributed by atoms with Crippen molar-refractivity contribution in [1.29, 1.82) is 0 Å². The third-order valence-corrected chi connectivity index (χ3v) is 4.21. The van der Waals surface area contributed by atoms with Crippen molar-refractivity contribution >= 4 is 23.4 Å². The van der Waals surface area contributed by atoms with E-state index in [1.54, 1.807) is 17.4 Å². The molecule has 19 heavy (non-hydrogen) atoms. The Bertz CT molecular complexity index is 455. The van der Waals surface area contributed by atoms with Crippen molar-refractivity contribution in [3.63, 3.8) is 0 Å². The van der Waals surface area contributed by atoms with Gasteiger partial charge in [-0.15, -0.1) is 11.3 Å². The van der Waals surface area contributed by atoms with Crippen molar-refractivity contribution in [2.75, 3.05) is 19.8 Å². The fourth-order valence-electron chi connectivity index (χ4n) is 2.21. The third-order valence-electron chi connectivity index (χ3n) is 3.27. The second-order valence-corrected chi connectivity index (χ2v) is 5.62. The molecule has 5 heteroatoms. The van der Waals surface area contributed by atoms with E-state index < -0.39 is 5.97 Å². The van der Waals surface area contributed by atoms with Gasteiger partial charge in [-0.2, -0.15) is 0 Å². The van der Waals surface area contributed by atoms with Crippen LogP contribution in [0.15, 0.2) is 17.5 Å². The lowest BCUT2D eigenvalue weighted by Crippen LogP contribution is -2.44. The molecule has 1 aliphatic rings. The number of carboxylic acid groups (broad SMARTS) is 1. The minimum Gasteiger partial charge on any atom is -0.478 e. The summed E-state index contributed by atoms with van der Waals surface area (Å²) in [5.74, 6) is -0.910. The molecule has 1 aliphatic heterocycles. The molecule has 1 unspecified atom stereocenters. The molecule has 1 saturated heterocycles. The van der Waals surface area contributed by atoms with Crippen LogP contribution in [0.3, 0.4) is 0 Å². The van der Waals surface area contributed by atoms with Crippen molar-refractivity contribution in [2.45, 2.75) is 25.9 Å². The quantitative estimate of drug-likeness (QED) is 0.842. The van der Waals surface area contributed by atoms with Gasteiger partial charge in [-0.25, -0.2) is 4.79 Å². The fourth-order valence-corrected chi connectivity index (χ4v) is 3.09. The number of carbonyl (C=O) groups is 1. The van der Waals surface area contributed by atoms with E-state index in [4.69, 9.17) is 9.84 Å². The number of rotatable bonds is 5. The first-order valence-corrected chi connectivity index (χ1v) is 7.37. The minimum absolute atomic E-state index is 0.494. The standard InChI is InChI=1S/C14H19NO3S/c1-2-12-9-18-6-5-15(12)8-13-7-11(10-19-13)3-4-14(16)17/h3-4,7,10,12H,2,5-6,8-9H2,1H3,(H,16,17). The molecule has 0 spiro atoms. The van der Waals surface area contributed by atoms with E-state index in [-0.39, 0.29) is 0 Å². The van der Waals surface area contributed by atoms with E-state index in [1.165, 1.54) is 11.0 Å². The van der Waals surface area contributed by atoms with Crippen molar-refractivity contribution in [3.8, 4) is 0 Å². The van der Waals surface area contributed by atoms with Crippen molar-refractivity contribution in [2.24, 2.45) is 0 Å².